The van der Waals surface area contributed by atoms with Gasteiger partial charge in [0.2, 0.25) is 10.0 Å². The largest absolute Gasteiger partial charge is 0.444 e. The molecule has 1 saturated heterocycles. The molecule has 0 saturated carbocycles. The number of nitrogens with one attached hydrogen (secondary N) is 2. The summed E-state index contributed by atoms with van der Waals surface area (Å²) in [7, 11) is -1.99. The van der Waals surface area contributed by atoms with E-state index in [0.29, 0.717) is 22.9 Å². The minimum Gasteiger partial charge on any atom is -0.444 e. The van der Waals surface area contributed by atoms with E-state index < -0.39 is 33.7 Å². The molecule has 0 aliphatic carbocycles. The van der Waals surface area contributed by atoms with Gasteiger partial charge in [-0.05, 0) is 81.8 Å². The van der Waals surface area contributed by atoms with Crippen molar-refractivity contribution in [3.05, 3.63) is 49.8 Å². The molecule has 2 amide bonds. The molecule has 3 heterocycles. The van der Waals surface area contributed by atoms with Crippen molar-refractivity contribution in [3.8, 4) is 0 Å². The highest BCUT2D eigenvalue weighted by atomic mass is 127. The summed E-state index contributed by atoms with van der Waals surface area (Å²) in [6.07, 6.45) is 3.24. The number of sulfonamides is 1. The third-order valence-electron chi connectivity index (χ3n) is 6.75. The van der Waals surface area contributed by atoms with Crippen molar-refractivity contribution in [2.45, 2.75) is 58.7 Å². The number of anilines is 2. The van der Waals surface area contributed by atoms with Crippen molar-refractivity contribution in [3.63, 3.8) is 0 Å². The van der Waals surface area contributed by atoms with Gasteiger partial charge in [-0.15, -0.1) is 0 Å². The first-order valence-corrected chi connectivity index (χ1v) is 16.6. The van der Waals surface area contributed by atoms with Crippen LogP contribution >= 0.6 is 34.2 Å². The Kier molecular flexibility index (Phi) is 9.19. The highest BCUT2D eigenvalue weighted by Gasteiger charge is 2.30. The van der Waals surface area contributed by atoms with Gasteiger partial charge < -0.3 is 19.9 Å². The zero-order valence-corrected chi connectivity index (χ0v) is 28.3. The van der Waals surface area contributed by atoms with E-state index in [4.69, 9.17) is 26.4 Å². The molecule has 3 aromatic rings. The Hall–Kier alpha value is -2.85. The number of hydrogen-bond acceptors (Lipinski definition) is 8. The highest BCUT2D eigenvalue weighted by Crippen LogP contribution is 2.31. The third kappa shape index (κ3) is 7.37. The minimum atomic E-state index is -3.62. The van der Waals surface area contributed by atoms with Crippen LogP contribution in [0.1, 0.15) is 61.8 Å². The molecule has 0 radical (unpaired) electrons. The van der Waals surface area contributed by atoms with Crippen molar-refractivity contribution in [2.75, 3.05) is 36.0 Å². The van der Waals surface area contributed by atoms with Crippen LogP contribution in [-0.4, -0.2) is 78.0 Å². The number of hydrogen-bond donors (Lipinski definition) is 2. The Morgan fingerprint density at radius 1 is 1.29 bits per heavy atom. The lowest BCUT2D eigenvalue weighted by Crippen LogP contribution is -2.40. The number of fused-ring (bicyclic) bond motifs is 1. The van der Waals surface area contributed by atoms with E-state index in [1.54, 1.807) is 11.6 Å². The maximum Gasteiger partial charge on any atom is 0.407 e. The third-order valence-corrected chi connectivity index (χ3v) is 8.61. The lowest BCUT2D eigenvalue weighted by molar-refractivity contribution is 0.0508. The van der Waals surface area contributed by atoms with E-state index in [1.807, 2.05) is 40.8 Å². The van der Waals surface area contributed by atoms with E-state index in [0.717, 1.165) is 34.2 Å². The molecule has 1 fully saturated rings. The molecular formula is C27H35ClIN7O5S. The van der Waals surface area contributed by atoms with E-state index in [1.165, 1.54) is 23.1 Å². The van der Waals surface area contributed by atoms with Gasteiger partial charge >= 0.3 is 6.09 Å². The average molecular weight is 732 g/mol. The Morgan fingerprint density at radius 2 is 1.98 bits per heavy atom. The molecule has 1 aliphatic heterocycles. The summed E-state index contributed by atoms with van der Waals surface area (Å²) in [5.41, 5.74) is 1.90. The van der Waals surface area contributed by atoms with E-state index in [2.05, 4.69) is 37.5 Å². The Labute approximate surface area is 264 Å². The number of alkyl carbamates (subject to hydrolysis) is 1. The topological polar surface area (TPSA) is 138 Å². The Morgan fingerprint density at radius 3 is 2.62 bits per heavy atom. The van der Waals surface area contributed by atoms with E-state index in [9.17, 15) is 18.0 Å². The van der Waals surface area contributed by atoms with Crippen LogP contribution in [0.4, 0.5) is 16.3 Å². The second-order valence-electron chi connectivity index (χ2n) is 11.4. The standard InChI is InChI=1S/C27H35ClIN7O5S/c1-15-13-36-24(31-23(15)35-11-10-18(14-35)30-26(38)41-27(3,4)5)21(29)22(32-36)16(2)34(6)25(37)19-12-17(28)8-9-20(19)33-42(7,39)40/h8-9,12-13,16,18,33H,10-11,14H2,1-7H3,(H,30,38)/t16-,18-/m0/s1. The van der Waals surface area contributed by atoms with Gasteiger partial charge in [0.1, 0.15) is 17.1 Å². The van der Waals surface area contributed by atoms with Crippen molar-refractivity contribution in [2.24, 2.45) is 0 Å². The van der Waals surface area contributed by atoms with Gasteiger partial charge in [0, 0.05) is 36.9 Å². The lowest BCUT2D eigenvalue weighted by atomic mass is 10.1. The molecule has 12 nitrogen and oxygen atoms in total. The summed E-state index contributed by atoms with van der Waals surface area (Å²) in [6.45, 7) is 10.6. The van der Waals surface area contributed by atoms with Crippen LogP contribution in [0.2, 0.25) is 5.02 Å². The summed E-state index contributed by atoms with van der Waals surface area (Å²) in [6, 6.07) is 3.87. The maximum atomic E-state index is 13.5. The number of carbonyl (C=O) groups excluding carboxylic acids is 2. The van der Waals surface area contributed by atoms with Crippen molar-refractivity contribution in [1.82, 2.24) is 24.8 Å². The summed E-state index contributed by atoms with van der Waals surface area (Å²) in [5.74, 6) is 0.377. The predicted octanol–water partition coefficient (Wildman–Crippen LogP) is 4.60. The molecule has 228 valence electrons. The highest BCUT2D eigenvalue weighted by molar-refractivity contribution is 14.1. The van der Waals surface area contributed by atoms with Crippen molar-refractivity contribution < 1.29 is 22.7 Å². The Bertz CT molecular complexity index is 1640. The molecular weight excluding hydrogens is 697 g/mol. The maximum absolute atomic E-state index is 13.5. The first-order chi connectivity index (χ1) is 19.4. The van der Waals surface area contributed by atoms with Crippen LogP contribution in [0, 0.1) is 10.5 Å². The smallest absolute Gasteiger partial charge is 0.407 e. The van der Waals surface area contributed by atoms with Crippen LogP contribution in [0.3, 0.4) is 0 Å². The fraction of sp³-hybridized carbons (Fsp3) is 0.481. The Balaban J connectivity index is 1.57. The van der Waals surface area contributed by atoms with Crippen LogP contribution in [0.5, 0.6) is 0 Å². The zero-order valence-electron chi connectivity index (χ0n) is 24.5. The van der Waals surface area contributed by atoms with Crippen LogP contribution in [0.25, 0.3) is 5.65 Å². The molecule has 0 spiro atoms. The van der Waals surface area contributed by atoms with Crippen molar-refractivity contribution in [1.29, 1.82) is 0 Å². The normalized spacial score (nSPS) is 16.4. The molecule has 0 bridgehead atoms. The van der Waals surface area contributed by atoms with Gasteiger partial charge in [-0.3, -0.25) is 9.52 Å². The van der Waals surface area contributed by atoms with Gasteiger partial charge in [-0.1, -0.05) is 11.6 Å². The van der Waals surface area contributed by atoms with Gasteiger partial charge in [0.05, 0.1) is 33.2 Å². The van der Waals surface area contributed by atoms with Gasteiger partial charge in [0.15, 0.2) is 5.65 Å². The number of aromatic nitrogens is 3. The monoisotopic (exact) mass is 731 g/mol. The second kappa shape index (κ2) is 12.0. The molecule has 2 N–H and O–H groups in total. The second-order valence-corrected chi connectivity index (χ2v) is 14.7. The first-order valence-electron chi connectivity index (χ1n) is 13.3. The number of benzene rings is 1. The number of carbonyl (C=O) groups is 2. The first kappa shape index (κ1) is 32.1. The van der Waals surface area contributed by atoms with E-state index >= 15 is 0 Å². The number of halogens is 2. The summed E-state index contributed by atoms with van der Waals surface area (Å²) in [5, 5.41) is 8.00. The number of rotatable bonds is 7. The van der Waals surface area contributed by atoms with Crippen LogP contribution in [0.15, 0.2) is 24.4 Å². The number of nitrogens with zero attached hydrogens (tertiary/aromatic N) is 5. The lowest BCUT2D eigenvalue weighted by Gasteiger charge is -2.25. The van der Waals surface area contributed by atoms with E-state index in [-0.39, 0.29) is 17.3 Å². The van der Waals surface area contributed by atoms with Gasteiger partial charge in [-0.2, -0.15) is 5.10 Å². The molecule has 2 atom stereocenters. The molecule has 2 aromatic heterocycles. The number of amides is 2. The molecule has 15 heteroatoms. The number of ether oxygens (including phenoxy) is 1. The average Bonchev–Trinajstić information content (AvgIpc) is 3.45. The predicted molar refractivity (Wildman–Crippen MR) is 171 cm³/mol. The molecule has 42 heavy (non-hydrogen) atoms. The summed E-state index contributed by atoms with van der Waals surface area (Å²) < 4.78 is 34.0. The fourth-order valence-corrected chi connectivity index (χ4v) is 6.38. The number of aryl methyl sites for hydroxylation is 1. The minimum absolute atomic E-state index is 0.0647. The molecule has 0 unspecified atom stereocenters. The summed E-state index contributed by atoms with van der Waals surface area (Å²) in [4.78, 5) is 34.4. The van der Waals surface area contributed by atoms with Gasteiger partial charge in [0.25, 0.3) is 5.91 Å². The summed E-state index contributed by atoms with van der Waals surface area (Å²) >= 11 is 8.34. The fourth-order valence-electron chi connectivity index (χ4n) is 4.71. The molecule has 1 aliphatic rings. The SMILES string of the molecule is Cc1cn2nc([C@H](C)N(C)C(=O)c3cc(Cl)ccc3NS(C)(=O)=O)c(I)c2nc1N1CC[C@H](NC(=O)OC(C)(C)C)C1. The van der Waals surface area contributed by atoms with Crippen molar-refractivity contribution >= 4 is 73.4 Å². The molecule has 1 aromatic carbocycles. The van der Waals surface area contributed by atoms with Crippen LogP contribution in [-0.2, 0) is 14.8 Å². The van der Waals surface area contributed by atoms with Crippen LogP contribution < -0.4 is 14.9 Å². The van der Waals surface area contributed by atoms with Gasteiger partial charge in [-0.25, -0.2) is 22.7 Å². The quantitative estimate of drug-likeness (QED) is 0.337. The zero-order chi connectivity index (χ0) is 31.1. The molecule has 4 rings (SSSR count).